The number of hydrogen-bond donors (Lipinski definition) is 0. The summed E-state index contributed by atoms with van der Waals surface area (Å²) in [6.07, 6.45) is 5.04. The molecule has 1 saturated heterocycles. The van der Waals surface area contributed by atoms with Crippen molar-refractivity contribution in [3.05, 3.63) is 30.1 Å². The van der Waals surface area contributed by atoms with Crippen LogP contribution in [0, 0.1) is 11.7 Å². The average Bonchev–Trinajstić information content (AvgIpc) is 2.37. The first-order valence-electron chi connectivity index (χ1n) is 7.43. The zero-order valence-electron chi connectivity index (χ0n) is 11.6. The van der Waals surface area contributed by atoms with E-state index in [1.165, 1.54) is 18.6 Å². The van der Waals surface area contributed by atoms with Crippen molar-refractivity contribution >= 4 is 5.91 Å². The Bertz CT molecular complexity index is 479. The van der Waals surface area contributed by atoms with Crippen molar-refractivity contribution in [2.45, 2.75) is 38.2 Å². The summed E-state index contributed by atoms with van der Waals surface area (Å²) in [7, 11) is 0. The molecule has 0 radical (unpaired) electrons. The molecule has 1 saturated carbocycles. The summed E-state index contributed by atoms with van der Waals surface area (Å²) in [5, 5.41) is 0. The summed E-state index contributed by atoms with van der Waals surface area (Å²) < 4.78 is 18.9. The Hall–Kier alpha value is -1.58. The molecule has 0 unspecified atom stereocenters. The lowest BCUT2D eigenvalue weighted by Crippen LogP contribution is -2.45. The van der Waals surface area contributed by atoms with Crippen LogP contribution in [0.5, 0.6) is 5.75 Å². The molecule has 1 aromatic rings. The van der Waals surface area contributed by atoms with Crippen LogP contribution in [-0.2, 0) is 4.79 Å². The smallest absolute Gasteiger partial charge is 0.225 e. The minimum Gasteiger partial charge on any atom is -0.490 e. The van der Waals surface area contributed by atoms with Crippen molar-refractivity contribution in [3.63, 3.8) is 0 Å². The molecule has 0 bridgehead atoms. The van der Waals surface area contributed by atoms with Gasteiger partial charge in [-0.3, -0.25) is 4.79 Å². The summed E-state index contributed by atoms with van der Waals surface area (Å²) in [6, 6.07) is 6.24. The van der Waals surface area contributed by atoms with Crippen molar-refractivity contribution in [3.8, 4) is 5.75 Å². The molecule has 3 rings (SSSR count). The van der Waals surface area contributed by atoms with E-state index in [1.54, 1.807) is 12.1 Å². The number of rotatable bonds is 3. The Morgan fingerprint density at radius 1 is 1.20 bits per heavy atom. The van der Waals surface area contributed by atoms with Crippen molar-refractivity contribution in [1.29, 1.82) is 0 Å². The molecule has 0 spiro atoms. The molecule has 0 aromatic heterocycles. The maximum absolute atomic E-state index is 13.1. The van der Waals surface area contributed by atoms with Crippen molar-refractivity contribution in [2.75, 3.05) is 13.1 Å². The summed E-state index contributed by atoms with van der Waals surface area (Å²) in [6.45, 7) is 1.52. The minimum atomic E-state index is -0.278. The third-order valence-corrected chi connectivity index (χ3v) is 4.31. The molecule has 2 aliphatic rings. The Balaban J connectivity index is 1.49. The van der Waals surface area contributed by atoms with E-state index in [1.807, 2.05) is 4.90 Å². The number of benzene rings is 1. The molecule has 0 atom stereocenters. The molecule has 1 heterocycles. The van der Waals surface area contributed by atoms with Crippen LogP contribution in [0.3, 0.4) is 0 Å². The third-order valence-electron chi connectivity index (χ3n) is 4.31. The van der Waals surface area contributed by atoms with E-state index in [4.69, 9.17) is 4.74 Å². The maximum atomic E-state index is 13.1. The van der Waals surface area contributed by atoms with Crippen LogP contribution in [0.15, 0.2) is 24.3 Å². The van der Waals surface area contributed by atoms with Crippen LogP contribution in [0.1, 0.15) is 32.1 Å². The SMILES string of the molecule is O=C(C1CCC1)N1CCC(Oc2cccc(F)c2)CC1. The van der Waals surface area contributed by atoms with E-state index in [-0.39, 0.29) is 17.8 Å². The summed E-state index contributed by atoms with van der Waals surface area (Å²) in [5.41, 5.74) is 0. The molecule has 1 aliphatic carbocycles. The van der Waals surface area contributed by atoms with Gasteiger partial charge in [-0.15, -0.1) is 0 Å². The van der Waals surface area contributed by atoms with Crippen LogP contribution in [-0.4, -0.2) is 30.0 Å². The average molecular weight is 277 g/mol. The molecule has 1 aromatic carbocycles. The van der Waals surface area contributed by atoms with Gasteiger partial charge < -0.3 is 9.64 Å². The first-order valence-corrected chi connectivity index (χ1v) is 7.43. The first-order chi connectivity index (χ1) is 9.72. The van der Waals surface area contributed by atoms with Gasteiger partial charge in [-0.25, -0.2) is 4.39 Å². The van der Waals surface area contributed by atoms with Gasteiger partial charge in [0.1, 0.15) is 17.7 Å². The number of amides is 1. The largest absolute Gasteiger partial charge is 0.490 e. The maximum Gasteiger partial charge on any atom is 0.225 e. The zero-order valence-corrected chi connectivity index (χ0v) is 11.6. The van der Waals surface area contributed by atoms with E-state index in [0.29, 0.717) is 11.7 Å². The summed E-state index contributed by atoms with van der Waals surface area (Å²) in [5.74, 6) is 0.894. The Morgan fingerprint density at radius 2 is 1.95 bits per heavy atom. The molecule has 1 aliphatic heterocycles. The van der Waals surface area contributed by atoms with Crippen molar-refractivity contribution in [1.82, 2.24) is 4.90 Å². The van der Waals surface area contributed by atoms with Crippen molar-refractivity contribution in [2.24, 2.45) is 5.92 Å². The quantitative estimate of drug-likeness (QED) is 0.850. The normalized spacial score (nSPS) is 20.6. The van der Waals surface area contributed by atoms with Gasteiger partial charge in [-0.1, -0.05) is 12.5 Å². The molecule has 4 heteroatoms. The number of nitrogens with zero attached hydrogens (tertiary/aromatic N) is 1. The Kier molecular flexibility index (Phi) is 3.90. The van der Waals surface area contributed by atoms with E-state index in [9.17, 15) is 9.18 Å². The van der Waals surface area contributed by atoms with Crippen LogP contribution in [0.25, 0.3) is 0 Å². The van der Waals surface area contributed by atoms with E-state index >= 15 is 0 Å². The fraction of sp³-hybridized carbons (Fsp3) is 0.562. The number of carbonyl (C=O) groups excluding carboxylic acids is 1. The number of hydrogen-bond acceptors (Lipinski definition) is 2. The predicted molar refractivity (Wildman–Crippen MR) is 74.0 cm³/mol. The highest BCUT2D eigenvalue weighted by atomic mass is 19.1. The van der Waals surface area contributed by atoms with E-state index in [2.05, 4.69) is 0 Å². The van der Waals surface area contributed by atoms with Gasteiger partial charge in [0.2, 0.25) is 5.91 Å². The highest BCUT2D eigenvalue weighted by Crippen LogP contribution is 2.29. The van der Waals surface area contributed by atoms with Crippen LogP contribution in [0.2, 0.25) is 0 Å². The molecule has 2 fully saturated rings. The number of likely N-dealkylation sites (tertiary alicyclic amines) is 1. The van der Waals surface area contributed by atoms with Gasteiger partial charge in [-0.05, 0) is 25.0 Å². The van der Waals surface area contributed by atoms with Crippen molar-refractivity contribution < 1.29 is 13.9 Å². The number of halogens is 1. The van der Waals surface area contributed by atoms with E-state index < -0.39 is 0 Å². The predicted octanol–water partition coefficient (Wildman–Crippen LogP) is 3.00. The number of piperidine rings is 1. The second kappa shape index (κ2) is 5.81. The first kappa shape index (κ1) is 13.4. The minimum absolute atomic E-state index is 0.0854. The molecule has 108 valence electrons. The van der Waals surface area contributed by atoms with Gasteiger partial charge >= 0.3 is 0 Å². The number of carbonyl (C=O) groups is 1. The summed E-state index contributed by atoms with van der Waals surface area (Å²) >= 11 is 0. The van der Waals surface area contributed by atoms with Gasteiger partial charge in [0, 0.05) is 37.9 Å². The zero-order chi connectivity index (χ0) is 13.9. The van der Waals surface area contributed by atoms with Gasteiger partial charge in [0.15, 0.2) is 0 Å². The molecule has 0 N–H and O–H groups in total. The Morgan fingerprint density at radius 3 is 2.55 bits per heavy atom. The number of ether oxygens (including phenoxy) is 1. The second-order valence-corrected chi connectivity index (χ2v) is 5.73. The monoisotopic (exact) mass is 277 g/mol. The van der Waals surface area contributed by atoms with Gasteiger partial charge in [0.05, 0.1) is 0 Å². The lowest BCUT2D eigenvalue weighted by molar-refractivity contribution is -0.140. The topological polar surface area (TPSA) is 29.5 Å². The highest BCUT2D eigenvalue weighted by Gasteiger charge is 2.32. The Labute approximate surface area is 118 Å². The lowest BCUT2D eigenvalue weighted by atomic mass is 9.84. The van der Waals surface area contributed by atoms with Crippen LogP contribution >= 0.6 is 0 Å². The lowest BCUT2D eigenvalue weighted by Gasteiger charge is -2.36. The molecule has 1 amide bonds. The molecular weight excluding hydrogens is 257 g/mol. The fourth-order valence-electron chi connectivity index (χ4n) is 2.84. The van der Waals surface area contributed by atoms with Crippen LogP contribution in [0.4, 0.5) is 4.39 Å². The van der Waals surface area contributed by atoms with Gasteiger partial charge in [0.25, 0.3) is 0 Å². The standard InChI is InChI=1S/C16H20FNO2/c17-13-5-2-6-15(11-13)20-14-7-9-18(10-8-14)16(19)12-3-1-4-12/h2,5-6,11-12,14H,1,3-4,7-10H2. The third kappa shape index (κ3) is 2.94. The van der Waals surface area contributed by atoms with Crippen LogP contribution < -0.4 is 4.74 Å². The second-order valence-electron chi connectivity index (χ2n) is 5.73. The van der Waals surface area contributed by atoms with Gasteiger partial charge in [-0.2, -0.15) is 0 Å². The molecule has 20 heavy (non-hydrogen) atoms. The van der Waals surface area contributed by atoms with E-state index in [0.717, 1.165) is 38.8 Å². The summed E-state index contributed by atoms with van der Waals surface area (Å²) in [4.78, 5) is 14.1. The highest BCUT2D eigenvalue weighted by molar-refractivity contribution is 5.79. The molecular formula is C16H20FNO2. The fourth-order valence-corrected chi connectivity index (χ4v) is 2.84. The molecule has 3 nitrogen and oxygen atoms in total.